The largest absolute Gasteiger partial charge is 0.464 e. The minimum absolute atomic E-state index is 0. The molecule has 1 aromatic heterocycles. The predicted octanol–water partition coefficient (Wildman–Crippen LogP) is 2.95. The molecule has 1 fully saturated rings. The van der Waals surface area contributed by atoms with Gasteiger partial charge in [0.1, 0.15) is 17.6 Å². The maximum absolute atomic E-state index is 13.2. The van der Waals surface area contributed by atoms with Gasteiger partial charge in [-0.15, -0.1) is 24.8 Å². The summed E-state index contributed by atoms with van der Waals surface area (Å²) < 4.78 is 31.8. The van der Waals surface area contributed by atoms with Crippen LogP contribution in [0.25, 0.3) is 0 Å². The van der Waals surface area contributed by atoms with Gasteiger partial charge in [-0.1, -0.05) is 0 Å². The first kappa shape index (κ1) is 18.6. The first-order valence-electron chi connectivity index (χ1n) is 5.89. The molecule has 3 nitrogen and oxygen atoms in total. The number of furan rings is 1. The van der Waals surface area contributed by atoms with E-state index in [1.54, 1.807) is 17.9 Å². The lowest BCUT2D eigenvalue weighted by atomic mass is 10.1. The van der Waals surface area contributed by atoms with E-state index in [0.717, 1.165) is 24.4 Å². The van der Waals surface area contributed by atoms with Gasteiger partial charge in [0.2, 0.25) is 0 Å². The second kappa shape index (κ2) is 8.04. The van der Waals surface area contributed by atoms with Crippen LogP contribution in [-0.2, 0) is 0 Å². The van der Waals surface area contributed by atoms with Gasteiger partial charge in [-0.2, -0.15) is 0 Å². The van der Waals surface area contributed by atoms with Crippen LogP contribution in [0.2, 0.25) is 0 Å². The van der Waals surface area contributed by atoms with Crippen molar-refractivity contribution in [2.75, 3.05) is 26.2 Å². The number of alkyl halides is 2. The predicted molar refractivity (Wildman–Crippen MR) is 75.9 cm³/mol. The van der Waals surface area contributed by atoms with Crippen molar-refractivity contribution >= 4 is 24.8 Å². The van der Waals surface area contributed by atoms with E-state index in [2.05, 4.69) is 5.32 Å². The molecule has 0 saturated carbocycles. The molecule has 1 aromatic rings. The fourth-order valence-corrected chi connectivity index (χ4v) is 2.17. The summed E-state index contributed by atoms with van der Waals surface area (Å²) in [5.74, 6) is 1.11. The summed E-state index contributed by atoms with van der Waals surface area (Å²) in [7, 11) is 0. The molecule has 1 atom stereocenters. The lowest BCUT2D eigenvalue weighted by molar-refractivity contribution is 0.00717. The highest BCUT2D eigenvalue weighted by atomic mass is 35.5. The molecule has 7 heteroatoms. The molecule has 0 bridgehead atoms. The minimum Gasteiger partial charge on any atom is -0.464 e. The topological polar surface area (TPSA) is 28.4 Å². The van der Waals surface area contributed by atoms with E-state index in [-0.39, 0.29) is 24.8 Å². The Labute approximate surface area is 124 Å². The summed E-state index contributed by atoms with van der Waals surface area (Å²) in [6.07, 6.45) is -2.42. The van der Waals surface area contributed by atoms with Crippen molar-refractivity contribution < 1.29 is 13.2 Å². The molecule has 2 rings (SSSR count). The summed E-state index contributed by atoms with van der Waals surface area (Å²) in [5.41, 5.74) is 0.931. The van der Waals surface area contributed by atoms with Gasteiger partial charge in [-0.3, -0.25) is 4.90 Å². The molecule has 2 heterocycles. The highest BCUT2D eigenvalue weighted by molar-refractivity contribution is 5.85. The van der Waals surface area contributed by atoms with Gasteiger partial charge in [0.25, 0.3) is 6.43 Å². The normalized spacial score (nSPS) is 17.7. The average Bonchev–Trinajstić information content (AvgIpc) is 2.60. The van der Waals surface area contributed by atoms with E-state index >= 15 is 0 Å². The smallest absolute Gasteiger partial charge is 0.261 e. The van der Waals surface area contributed by atoms with Gasteiger partial charge in [0, 0.05) is 26.2 Å². The molecule has 1 aliphatic heterocycles. The molecule has 0 spiro atoms. The van der Waals surface area contributed by atoms with Gasteiger partial charge in [-0.25, -0.2) is 8.78 Å². The Morgan fingerprint density at radius 2 is 1.79 bits per heavy atom. The van der Waals surface area contributed by atoms with E-state index in [0.29, 0.717) is 18.8 Å². The zero-order valence-corrected chi connectivity index (χ0v) is 12.6. The molecular weight excluding hydrogens is 297 g/mol. The number of aryl methyl sites for hydroxylation is 2. The van der Waals surface area contributed by atoms with Gasteiger partial charge in [0.15, 0.2) is 0 Å². The third kappa shape index (κ3) is 4.31. The van der Waals surface area contributed by atoms with Crippen molar-refractivity contribution in [2.24, 2.45) is 0 Å². The van der Waals surface area contributed by atoms with E-state index in [1.165, 1.54) is 0 Å². The molecule has 0 aliphatic carbocycles. The first-order valence-corrected chi connectivity index (χ1v) is 5.89. The minimum atomic E-state index is -2.42. The number of hydrogen-bond acceptors (Lipinski definition) is 3. The van der Waals surface area contributed by atoms with Gasteiger partial charge >= 0.3 is 0 Å². The number of piperazine rings is 1. The van der Waals surface area contributed by atoms with Crippen LogP contribution in [0, 0.1) is 13.8 Å². The van der Waals surface area contributed by atoms with Crippen molar-refractivity contribution in [2.45, 2.75) is 26.3 Å². The lowest BCUT2D eigenvalue weighted by Gasteiger charge is -2.33. The van der Waals surface area contributed by atoms with Gasteiger partial charge in [-0.05, 0) is 25.5 Å². The Morgan fingerprint density at radius 3 is 2.21 bits per heavy atom. The summed E-state index contributed by atoms with van der Waals surface area (Å²) in [4.78, 5) is 1.79. The van der Waals surface area contributed by atoms with Crippen molar-refractivity contribution in [3.8, 4) is 0 Å². The van der Waals surface area contributed by atoms with Crippen LogP contribution >= 0.6 is 24.8 Å². The van der Waals surface area contributed by atoms with Crippen molar-refractivity contribution in [3.05, 3.63) is 23.2 Å². The fraction of sp³-hybridized carbons (Fsp3) is 0.667. The van der Waals surface area contributed by atoms with E-state index < -0.39 is 12.5 Å². The van der Waals surface area contributed by atoms with Gasteiger partial charge < -0.3 is 9.73 Å². The van der Waals surface area contributed by atoms with Crippen molar-refractivity contribution in [1.82, 2.24) is 10.2 Å². The van der Waals surface area contributed by atoms with E-state index in [4.69, 9.17) is 4.42 Å². The Balaban J connectivity index is 0.00000162. The lowest BCUT2D eigenvalue weighted by Crippen LogP contribution is -2.46. The highest BCUT2D eigenvalue weighted by Gasteiger charge is 2.32. The maximum atomic E-state index is 13.2. The molecule has 1 aliphatic rings. The van der Waals surface area contributed by atoms with Crippen LogP contribution in [0.15, 0.2) is 10.5 Å². The molecule has 0 aromatic carbocycles. The fourth-order valence-electron chi connectivity index (χ4n) is 2.17. The SMILES string of the molecule is Cc1cc([C@H](C(F)F)N2CCNCC2)oc1C.Cl.Cl. The second-order valence-electron chi connectivity index (χ2n) is 4.45. The van der Waals surface area contributed by atoms with Crippen LogP contribution in [0.3, 0.4) is 0 Å². The molecule has 0 amide bonds. The quantitative estimate of drug-likeness (QED) is 0.929. The number of nitrogens with one attached hydrogen (secondary N) is 1. The third-order valence-corrected chi connectivity index (χ3v) is 3.26. The number of halogens is 4. The zero-order valence-electron chi connectivity index (χ0n) is 11.0. The molecule has 1 N–H and O–H groups in total. The van der Waals surface area contributed by atoms with Crippen LogP contribution in [0.1, 0.15) is 23.1 Å². The number of hydrogen-bond donors (Lipinski definition) is 1. The number of nitrogens with zero attached hydrogens (tertiary/aromatic N) is 1. The molecule has 1 saturated heterocycles. The molecular formula is C12H20Cl2F2N2O. The maximum Gasteiger partial charge on any atom is 0.261 e. The van der Waals surface area contributed by atoms with Crippen LogP contribution in [0.4, 0.5) is 8.78 Å². The monoisotopic (exact) mass is 316 g/mol. The summed E-state index contributed by atoms with van der Waals surface area (Å²) in [5, 5.41) is 3.16. The summed E-state index contributed by atoms with van der Waals surface area (Å²) in [6.45, 7) is 6.45. The Hall–Kier alpha value is -0.360. The average molecular weight is 317 g/mol. The van der Waals surface area contributed by atoms with Crippen LogP contribution in [0.5, 0.6) is 0 Å². The molecule has 0 radical (unpaired) electrons. The van der Waals surface area contributed by atoms with Gasteiger partial charge in [0.05, 0.1) is 0 Å². The Morgan fingerprint density at radius 1 is 1.21 bits per heavy atom. The van der Waals surface area contributed by atoms with Crippen LogP contribution < -0.4 is 5.32 Å². The summed E-state index contributed by atoms with van der Waals surface area (Å²) >= 11 is 0. The van der Waals surface area contributed by atoms with Crippen molar-refractivity contribution in [1.29, 1.82) is 0 Å². The summed E-state index contributed by atoms with van der Waals surface area (Å²) in [6, 6.07) is 0.818. The second-order valence-corrected chi connectivity index (χ2v) is 4.45. The molecule has 112 valence electrons. The zero-order chi connectivity index (χ0) is 12.4. The van der Waals surface area contributed by atoms with Crippen molar-refractivity contribution in [3.63, 3.8) is 0 Å². The van der Waals surface area contributed by atoms with E-state index in [9.17, 15) is 8.78 Å². The Bertz CT molecular complexity index is 362. The number of rotatable bonds is 3. The van der Waals surface area contributed by atoms with Crippen LogP contribution in [-0.4, -0.2) is 37.5 Å². The molecule has 0 unspecified atom stereocenters. The first-order chi connectivity index (χ1) is 8.09. The molecule has 19 heavy (non-hydrogen) atoms. The Kier molecular flexibility index (Phi) is 7.89. The highest BCUT2D eigenvalue weighted by Crippen LogP contribution is 2.30. The standard InChI is InChI=1S/C12H18F2N2O.2ClH/c1-8-7-10(17-9(8)2)11(12(13)14)16-5-3-15-4-6-16;;/h7,11-12,15H,3-6H2,1-2H3;2*1H/t11-;;/m1../s1. The van der Waals surface area contributed by atoms with E-state index in [1.807, 2.05) is 6.92 Å². The third-order valence-electron chi connectivity index (χ3n) is 3.26.